The summed E-state index contributed by atoms with van der Waals surface area (Å²) in [4.78, 5) is 33.5. The SMILES string of the molecule is COc1ccc(C2OCCO2)c2c1NC(=O)CC2.COc1ccc(C=O)c2c1NC(=O)CC2. The molecule has 3 aliphatic rings. The second-order valence-corrected chi connectivity index (χ2v) is 7.71. The van der Waals surface area contributed by atoms with E-state index in [9.17, 15) is 14.4 Å². The van der Waals surface area contributed by atoms with Gasteiger partial charge in [0.05, 0.1) is 38.8 Å². The third kappa shape index (κ3) is 4.69. The minimum atomic E-state index is -0.320. The van der Waals surface area contributed by atoms with Gasteiger partial charge < -0.3 is 29.6 Å². The molecule has 2 aromatic rings. The van der Waals surface area contributed by atoms with E-state index in [1.54, 1.807) is 19.2 Å². The smallest absolute Gasteiger partial charge is 0.224 e. The molecule has 2 N–H and O–H groups in total. The second kappa shape index (κ2) is 10.0. The van der Waals surface area contributed by atoms with Gasteiger partial charge in [0.15, 0.2) is 6.29 Å². The van der Waals surface area contributed by atoms with Crippen molar-refractivity contribution in [3.63, 3.8) is 0 Å². The molecule has 5 rings (SSSR count). The maximum Gasteiger partial charge on any atom is 0.224 e. The first-order chi connectivity index (χ1) is 16.0. The number of amides is 2. The Kier molecular flexibility index (Phi) is 6.90. The highest BCUT2D eigenvalue weighted by atomic mass is 16.7. The number of hydrogen-bond acceptors (Lipinski definition) is 7. The van der Waals surface area contributed by atoms with Crippen LogP contribution in [-0.4, -0.2) is 45.5 Å². The highest BCUT2D eigenvalue weighted by Gasteiger charge is 2.28. The molecular formula is C24H26N2O7. The lowest BCUT2D eigenvalue weighted by Gasteiger charge is -2.24. The van der Waals surface area contributed by atoms with Crippen molar-refractivity contribution in [2.75, 3.05) is 38.1 Å². The molecule has 0 radical (unpaired) electrons. The lowest BCUT2D eigenvalue weighted by Crippen LogP contribution is -2.21. The van der Waals surface area contributed by atoms with E-state index < -0.39 is 0 Å². The van der Waals surface area contributed by atoms with Gasteiger partial charge in [-0.1, -0.05) is 0 Å². The summed E-state index contributed by atoms with van der Waals surface area (Å²) in [5, 5.41) is 5.60. The van der Waals surface area contributed by atoms with E-state index in [0.29, 0.717) is 61.6 Å². The Bertz CT molecular complexity index is 1080. The van der Waals surface area contributed by atoms with E-state index in [0.717, 1.165) is 28.7 Å². The van der Waals surface area contributed by atoms with Crippen LogP contribution in [0.2, 0.25) is 0 Å². The van der Waals surface area contributed by atoms with Gasteiger partial charge in [0.1, 0.15) is 17.8 Å². The van der Waals surface area contributed by atoms with Crippen molar-refractivity contribution in [1.82, 2.24) is 0 Å². The molecule has 0 aliphatic carbocycles. The number of fused-ring (bicyclic) bond motifs is 2. The molecule has 1 saturated heterocycles. The van der Waals surface area contributed by atoms with Crippen LogP contribution in [0, 0.1) is 0 Å². The van der Waals surface area contributed by atoms with Crippen LogP contribution in [0.5, 0.6) is 11.5 Å². The van der Waals surface area contributed by atoms with Gasteiger partial charge >= 0.3 is 0 Å². The van der Waals surface area contributed by atoms with Crippen LogP contribution in [0.3, 0.4) is 0 Å². The number of methoxy groups -OCH3 is 2. The zero-order chi connectivity index (χ0) is 23.4. The minimum absolute atomic E-state index is 0.0196. The third-order valence-corrected chi connectivity index (χ3v) is 5.80. The van der Waals surface area contributed by atoms with Crippen LogP contribution in [0.25, 0.3) is 0 Å². The first kappa shape index (κ1) is 22.8. The molecule has 174 valence electrons. The Morgan fingerprint density at radius 1 is 0.818 bits per heavy atom. The quantitative estimate of drug-likeness (QED) is 0.683. The lowest BCUT2D eigenvalue weighted by molar-refractivity contribution is -0.117. The van der Waals surface area contributed by atoms with Gasteiger partial charge in [-0.2, -0.15) is 0 Å². The van der Waals surface area contributed by atoms with Gasteiger partial charge in [-0.05, 0) is 48.2 Å². The van der Waals surface area contributed by atoms with Gasteiger partial charge in [-0.15, -0.1) is 0 Å². The first-order valence-electron chi connectivity index (χ1n) is 10.7. The largest absolute Gasteiger partial charge is 0.495 e. The summed E-state index contributed by atoms with van der Waals surface area (Å²) in [6.07, 6.45) is 2.67. The van der Waals surface area contributed by atoms with Crippen molar-refractivity contribution in [2.45, 2.75) is 32.0 Å². The van der Waals surface area contributed by atoms with E-state index >= 15 is 0 Å². The number of hydrogen-bond donors (Lipinski definition) is 2. The molecule has 0 saturated carbocycles. The van der Waals surface area contributed by atoms with Gasteiger partial charge in [0.25, 0.3) is 0 Å². The maximum absolute atomic E-state index is 11.5. The third-order valence-electron chi connectivity index (χ3n) is 5.80. The summed E-state index contributed by atoms with van der Waals surface area (Å²) in [7, 11) is 3.13. The van der Waals surface area contributed by atoms with Crippen molar-refractivity contribution in [2.24, 2.45) is 0 Å². The number of ether oxygens (including phenoxy) is 4. The lowest BCUT2D eigenvalue weighted by atomic mass is 9.96. The number of rotatable bonds is 4. The molecule has 0 spiro atoms. The average molecular weight is 454 g/mol. The molecule has 2 amide bonds. The van der Waals surface area contributed by atoms with Crippen molar-refractivity contribution < 1.29 is 33.3 Å². The minimum Gasteiger partial charge on any atom is -0.495 e. The summed E-state index contributed by atoms with van der Waals surface area (Å²) in [6, 6.07) is 7.19. The monoisotopic (exact) mass is 454 g/mol. The number of carbonyl (C=O) groups is 3. The van der Waals surface area contributed by atoms with Crippen molar-refractivity contribution >= 4 is 29.5 Å². The molecule has 2 aromatic carbocycles. The fourth-order valence-electron chi connectivity index (χ4n) is 4.19. The standard InChI is InChI=1S/C13H15NO4.C11H11NO3/c1-16-10-4-2-9(13-17-6-7-18-13)8-3-5-11(15)14-12(8)10;1-15-9-4-2-7(6-13)8-3-5-10(14)12-11(8)9/h2,4,13H,3,5-7H2,1H3,(H,14,15);2,4,6H,3,5H2,1H3,(H,12,14). The van der Waals surface area contributed by atoms with E-state index in [1.165, 1.54) is 7.11 Å². The van der Waals surface area contributed by atoms with Gasteiger partial charge in [0.2, 0.25) is 11.8 Å². The zero-order valence-corrected chi connectivity index (χ0v) is 18.6. The zero-order valence-electron chi connectivity index (χ0n) is 18.6. The normalized spacial score (nSPS) is 17.0. The Hall–Kier alpha value is -3.43. The number of carbonyl (C=O) groups excluding carboxylic acids is 3. The molecule has 0 aromatic heterocycles. The van der Waals surface area contributed by atoms with Gasteiger partial charge in [-0.25, -0.2) is 0 Å². The number of aldehydes is 1. The van der Waals surface area contributed by atoms with Crippen molar-refractivity contribution in [1.29, 1.82) is 0 Å². The molecule has 9 heteroatoms. The molecule has 9 nitrogen and oxygen atoms in total. The van der Waals surface area contributed by atoms with E-state index in [-0.39, 0.29) is 18.1 Å². The fourth-order valence-corrected chi connectivity index (χ4v) is 4.19. The van der Waals surface area contributed by atoms with Crippen LogP contribution >= 0.6 is 0 Å². The number of benzene rings is 2. The first-order valence-corrected chi connectivity index (χ1v) is 10.7. The van der Waals surface area contributed by atoms with Crippen LogP contribution in [0.15, 0.2) is 24.3 Å². The number of nitrogens with one attached hydrogen (secondary N) is 2. The molecule has 3 aliphatic heterocycles. The average Bonchev–Trinajstić information content (AvgIpc) is 3.37. The molecule has 33 heavy (non-hydrogen) atoms. The highest BCUT2D eigenvalue weighted by molar-refractivity contribution is 5.98. The molecule has 0 bridgehead atoms. The Morgan fingerprint density at radius 3 is 1.94 bits per heavy atom. The Morgan fingerprint density at radius 2 is 1.36 bits per heavy atom. The summed E-state index contributed by atoms with van der Waals surface area (Å²) in [6.45, 7) is 1.22. The summed E-state index contributed by atoms with van der Waals surface area (Å²) in [5.41, 5.74) is 4.92. The van der Waals surface area contributed by atoms with Crippen molar-refractivity contribution in [3.05, 3.63) is 46.5 Å². The van der Waals surface area contributed by atoms with E-state index in [4.69, 9.17) is 18.9 Å². The Balaban J connectivity index is 0.000000160. The predicted molar refractivity (Wildman–Crippen MR) is 120 cm³/mol. The summed E-state index contributed by atoms with van der Waals surface area (Å²) < 4.78 is 21.5. The van der Waals surface area contributed by atoms with Gasteiger partial charge in [0, 0.05) is 24.0 Å². The fraction of sp³-hybridized carbons (Fsp3) is 0.375. The number of anilines is 2. The topological polar surface area (TPSA) is 112 Å². The Labute approximate surface area is 191 Å². The molecule has 0 atom stereocenters. The molecule has 1 fully saturated rings. The molecule has 3 heterocycles. The maximum atomic E-state index is 11.5. The van der Waals surface area contributed by atoms with Crippen molar-refractivity contribution in [3.8, 4) is 11.5 Å². The van der Waals surface area contributed by atoms with E-state index in [2.05, 4.69) is 10.6 Å². The van der Waals surface area contributed by atoms with E-state index in [1.807, 2.05) is 12.1 Å². The molecule has 0 unspecified atom stereocenters. The van der Waals surface area contributed by atoms with Crippen LogP contribution in [0.4, 0.5) is 11.4 Å². The highest BCUT2D eigenvalue weighted by Crippen LogP contribution is 2.39. The summed E-state index contributed by atoms with van der Waals surface area (Å²) >= 11 is 0. The predicted octanol–water partition coefficient (Wildman–Crippen LogP) is 3.02. The molecular weight excluding hydrogens is 428 g/mol. The van der Waals surface area contributed by atoms with Crippen LogP contribution in [0.1, 0.15) is 46.2 Å². The van der Waals surface area contributed by atoms with Gasteiger partial charge in [-0.3, -0.25) is 14.4 Å². The van der Waals surface area contributed by atoms with Crippen LogP contribution in [-0.2, 0) is 31.9 Å². The van der Waals surface area contributed by atoms with Crippen LogP contribution < -0.4 is 20.1 Å². The summed E-state index contributed by atoms with van der Waals surface area (Å²) in [5.74, 6) is 1.26. The second-order valence-electron chi connectivity index (χ2n) is 7.71.